The van der Waals surface area contributed by atoms with E-state index in [4.69, 9.17) is 0 Å². The van der Waals surface area contributed by atoms with Crippen LogP contribution in [0.15, 0.2) is 24.3 Å². The Morgan fingerprint density at radius 2 is 2.12 bits per heavy atom. The lowest BCUT2D eigenvalue weighted by Gasteiger charge is -2.22. The molecule has 0 aliphatic heterocycles. The number of nitrogens with one attached hydrogen (secondary N) is 1. The highest BCUT2D eigenvalue weighted by Gasteiger charge is 2.27. The molecule has 6 heteroatoms. The fourth-order valence-corrected chi connectivity index (χ4v) is 4.57. The van der Waals surface area contributed by atoms with E-state index in [-0.39, 0.29) is 18.0 Å². The highest BCUT2D eigenvalue weighted by Crippen LogP contribution is 2.39. The molecular weight excluding hydrogens is 336 g/mol. The molecular formula is C19H22N2O3S. The largest absolute Gasteiger partial charge is 0.478 e. The SMILES string of the molecule is CCN(CC(=O)Nc1sc2c(c1C(=O)O)CCC2)c1cccc(C)c1. The lowest BCUT2D eigenvalue weighted by Crippen LogP contribution is -2.33. The van der Waals surface area contributed by atoms with Gasteiger partial charge in [0.15, 0.2) is 0 Å². The standard InChI is InChI=1S/C19H22N2O3S/c1-3-21(13-7-4-6-12(2)10-13)11-16(22)20-18-17(19(23)24)14-8-5-9-15(14)25-18/h4,6-7,10H,3,5,8-9,11H2,1-2H3,(H,20,22)(H,23,24). The van der Waals surface area contributed by atoms with Crippen molar-refractivity contribution in [1.29, 1.82) is 0 Å². The molecule has 1 aliphatic carbocycles. The second-order valence-corrected chi connectivity index (χ2v) is 7.37. The number of anilines is 2. The van der Waals surface area contributed by atoms with E-state index >= 15 is 0 Å². The molecule has 2 aromatic rings. The Hall–Kier alpha value is -2.34. The summed E-state index contributed by atoms with van der Waals surface area (Å²) in [5.41, 5.74) is 3.31. The number of likely N-dealkylation sites (N-methyl/N-ethyl adjacent to an activating group) is 1. The first-order valence-electron chi connectivity index (χ1n) is 8.49. The van der Waals surface area contributed by atoms with Gasteiger partial charge in [-0.2, -0.15) is 0 Å². The maximum Gasteiger partial charge on any atom is 0.339 e. The van der Waals surface area contributed by atoms with Crippen LogP contribution in [0, 0.1) is 6.92 Å². The summed E-state index contributed by atoms with van der Waals surface area (Å²) in [6, 6.07) is 8.01. The molecule has 0 radical (unpaired) electrons. The van der Waals surface area contributed by atoms with Gasteiger partial charge in [-0.15, -0.1) is 11.3 Å². The van der Waals surface area contributed by atoms with Crippen LogP contribution in [0.1, 0.15) is 39.7 Å². The number of aromatic carboxylic acids is 1. The summed E-state index contributed by atoms with van der Waals surface area (Å²) in [6.45, 7) is 4.91. The minimum absolute atomic E-state index is 0.189. The van der Waals surface area contributed by atoms with Gasteiger partial charge in [-0.1, -0.05) is 12.1 Å². The third-order valence-electron chi connectivity index (χ3n) is 4.47. The molecule has 0 saturated carbocycles. The molecule has 132 valence electrons. The van der Waals surface area contributed by atoms with Gasteiger partial charge < -0.3 is 15.3 Å². The van der Waals surface area contributed by atoms with Crippen molar-refractivity contribution in [2.24, 2.45) is 0 Å². The van der Waals surface area contributed by atoms with E-state index in [1.165, 1.54) is 11.3 Å². The molecule has 5 nitrogen and oxygen atoms in total. The Bertz CT molecular complexity index is 813. The lowest BCUT2D eigenvalue weighted by molar-refractivity contribution is -0.114. The summed E-state index contributed by atoms with van der Waals surface area (Å²) < 4.78 is 0. The normalized spacial score (nSPS) is 12.7. The highest BCUT2D eigenvalue weighted by atomic mass is 32.1. The smallest absolute Gasteiger partial charge is 0.339 e. The number of fused-ring (bicyclic) bond motifs is 1. The summed E-state index contributed by atoms with van der Waals surface area (Å²) in [4.78, 5) is 27.2. The number of carbonyl (C=O) groups is 2. The van der Waals surface area contributed by atoms with Crippen LogP contribution in [-0.2, 0) is 17.6 Å². The minimum atomic E-state index is -0.958. The number of thiophene rings is 1. The van der Waals surface area contributed by atoms with Crippen molar-refractivity contribution in [3.63, 3.8) is 0 Å². The van der Waals surface area contributed by atoms with Crippen LogP contribution in [0.3, 0.4) is 0 Å². The first-order valence-corrected chi connectivity index (χ1v) is 9.30. The van der Waals surface area contributed by atoms with Crippen molar-refractivity contribution in [3.8, 4) is 0 Å². The van der Waals surface area contributed by atoms with Crippen LogP contribution in [-0.4, -0.2) is 30.1 Å². The first kappa shape index (κ1) is 17.5. The summed E-state index contributed by atoms with van der Waals surface area (Å²) in [7, 11) is 0. The Kier molecular flexibility index (Phi) is 5.08. The molecule has 0 saturated heterocycles. The number of amides is 1. The van der Waals surface area contributed by atoms with Crippen molar-refractivity contribution in [2.45, 2.75) is 33.1 Å². The van der Waals surface area contributed by atoms with Crippen molar-refractivity contribution in [3.05, 3.63) is 45.8 Å². The second kappa shape index (κ2) is 7.27. The number of carboxylic acid groups (broad SMARTS) is 1. The molecule has 0 fully saturated rings. The maximum absolute atomic E-state index is 12.5. The number of hydrogen-bond donors (Lipinski definition) is 2. The average molecular weight is 358 g/mol. The van der Waals surface area contributed by atoms with E-state index in [2.05, 4.69) is 5.32 Å². The first-order chi connectivity index (χ1) is 12.0. The second-order valence-electron chi connectivity index (χ2n) is 6.27. The van der Waals surface area contributed by atoms with Gasteiger partial charge in [0.1, 0.15) is 5.00 Å². The Morgan fingerprint density at radius 1 is 1.32 bits per heavy atom. The molecule has 0 bridgehead atoms. The topological polar surface area (TPSA) is 69.6 Å². The molecule has 1 aliphatic rings. The van der Waals surface area contributed by atoms with Crippen molar-refractivity contribution in [2.75, 3.05) is 23.3 Å². The number of nitrogens with zero attached hydrogens (tertiary/aromatic N) is 1. The number of hydrogen-bond acceptors (Lipinski definition) is 4. The van der Waals surface area contributed by atoms with E-state index in [1.54, 1.807) is 0 Å². The van der Waals surface area contributed by atoms with E-state index in [0.29, 0.717) is 11.5 Å². The van der Waals surface area contributed by atoms with Gasteiger partial charge in [-0.25, -0.2) is 4.79 Å². The Labute approximate surface area is 151 Å². The third kappa shape index (κ3) is 3.69. The number of carboxylic acids is 1. The molecule has 25 heavy (non-hydrogen) atoms. The van der Waals surface area contributed by atoms with E-state index in [0.717, 1.165) is 41.0 Å². The van der Waals surface area contributed by atoms with E-state index in [1.807, 2.05) is 43.0 Å². The zero-order valence-electron chi connectivity index (χ0n) is 14.5. The lowest BCUT2D eigenvalue weighted by atomic mass is 10.1. The van der Waals surface area contributed by atoms with Gasteiger partial charge in [-0.05, 0) is 56.4 Å². The number of rotatable bonds is 6. The van der Waals surface area contributed by atoms with Crippen LogP contribution in [0.4, 0.5) is 10.7 Å². The van der Waals surface area contributed by atoms with Gasteiger partial charge in [0.05, 0.1) is 12.1 Å². The number of benzene rings is 1. The van der Waals surface area contributed by atoms with Crippen molar-refractivity contribution < 1.29 is 14.7 Å². The van der Waals surface area contributed by atoms with E-state index < -0.39 is 5.97 Å². The van der Waals surface area contributed by atoms with Gasteiger partial charge in [-0.3, -0.25) is 4.79 Å². The zero-order chi connectivity index (χ0) is 18.0. The zero-order valence-corrected chi connectivity index (χ0v) is 15.3. The molecule has 0 spiro atoms. The maximum atomic E-state index is 12.5. The minimum Gasteiger partial charge on any atom is -0.478 e. The molecule has 2 N–H and O–H groups in total. The Balaban J connectivity index is 1.75. The summed E-state index contributed by atoms with van der Waals surface area (Å²) in [6.07, 6.45) is 2.68. The van der Waals surface area contributed by atoms with Gasteiger partial charge in [0.2, 0.25) is 5.91 Å². The fraction of sp³-hybridized carbons (Fsp3) is 0.368. The van der Waals surface area contributed by atoms with Crippen molar-refractivity contribution in [1.82, 2.24) is 0 Å². The van der Waals surface area contributed by atoms with Gasteiger partial charge in [0, 0.05) is 17.1 Å². The number of aryl methyl sites for hydroxylation is 2. The van der Waals surface area contributed by atoms with Crippen LogP contribution in [0.2, 0.25) is 0 Å². The fourth-order valence-electron chi connectivity index (χ4n) is 3.27. The van der Waals surface area contributed by atoms with Crippen LogP contribution < -0.4 is 10.2 Å². The highest BCUT2D eigenvalue weighted by molar-refractivity contribution is 7.17. The number of carbonyl (C=O) groups excluding carboxylic acids is 1. The quantitative estimate of drug-likeness (QED) is 0.826. The monoisotopic (exact) mass is 358 g/mol. The third-order valence-corrected chi connectivity index (χ3v) is 5.68. The Morgan fingerprint density at radius 3 is 2.80 bits per heavy atom. The molecule has 1 amide bonds. The van der Waals surface area contributed by atoms with Crippen molar-refractivity contribution >= 4 is 33.9 Å². The predicted molar refractivity (Wildman–Crippen MR) is 101 cm³/mol. The van der Waals surface area contributed by atoms with Gasteiger partial charge >= 0.3 is 5.97 Å². The van der Waals surface area contributed by atoms with Crippen LogP contribution in [0.25, 0.3) is 0 Å². The predicted octanol–water partition coefficient (Wildman–Crippen LogP) is 3.71. The molecule has 1 heterocycles. The molecule has 3 rings (SSSR count). The molecule has 0 unspecified atom stereocenters. The molecule has 0 atom stereocenters. The molecule has 1 aromatic heterocycles. The van der Waals surface area contributed by atoms with E-state index in [9.17, 15) is 14.7 Å². The summed E-state index contributed by atoms with van der Waals surface area (Å²) in [5.74, 6) is -1.15. The average Bonchev–Trinajstić information content (AvgIpc) is 3.12. The summed E-state index contributed by atoms with van der Waals surface area (Å²) >= 11 is 1.41. The van der Waals surface area contributed by atoms with Gasteiger partial charge in [0.25, 0.3) is 0 Å². The summed E-state index contributed by atoms with van der Waals surface area (Å²) in [5, 5.41) is 12.8. The molecule has 1 aromatic carbocycles. The van der Waals surface area contributed by atoms with Crippen LogP contribution in [0.5, 0.6) is 0 Å². The van der Waals surface area contributed by atoms with Crippen LogP contribution >= 0.6 is 11.3 Å².